The second kappa shape index (κ2) is 7.33. The third-order valence-corrected chi connectivity index (χ3v) is 4.65. The fraction of sp³-hybridized carbons (Fsp3) is 0.579. The Morgan fingerprint density at radius 2 is 2.04 bits per heavy atom. The van der Waals surface area contributed by atoms with Crippen LogP contribution in [0.1, 0.15) is 39.2 Å². The quantitative estimate of drug-likeness (QED) is 0.821. The Bertz CT molecular complexity index is 659. The highest BCUT2D eigenvalue weighted by atomic mass is 16.7. The number of rotatable bonds is 5. The monoisotopic (exact) mass is 346 g/mol. The second-order valence-electron chi connectivity index (χ2n) is 7.17. The number of benzene rings is 1. The Morgan fingerprint density at radius 1 is 1.28 bits per heavy atom. The van der Waals surface area contributed by atoms with Gasteiger partial charge in [0.1, 0.15) is 6.04 Å². The number of hydrogen-bond donors (Lipinski definition) is 0. The van der Waals surface area contributed by atoms with E-state index < -0.39 is 0 Å². The van der Waals surface area contributed by atoms with Crippen LogP contribution in [0.3, 0.4) is 0 Å². The van der Waals surface area contributed by atoms with Crippen molar-refractivity contribution in [1.29, 1.82) is 0 Å². The topological polar surface area (TPSA) is 59.1 Å². The van der Waals surface area contributed by atoms with Gasteiger partial charge in [0.15, 0.2) is 11.5 Å². The van der Waals surface area contributed by atoms with E-state index in [9.17, 15) is 9.59 Å². The Labute approximate surface area is 148 Å². The molecule has 1 atom stereocenters. The highest BCUT2D eigenvalue weighted by Gasteiger charge is 2.35. The number of carbonyl (C=O) groups excluding carboxylic acids is 2. The Balaban J connectivity index is 1.77. The number of ether oxygens (including phenoxy) is 2. The zero-order valence-corrected chi connectivity index (χ0v) is 15.2. The van der Waals surface area contributed by atoms with Crippen molar-refractivity contribution in [2.45, 2.75) is 46.2 Å². The summed E-state index contributed by atoms with van der Waals surface area (Å²) in [4.78, 5) is 28.5. The summed E-state index contributed by atoms with van der Waals surface area (Å²) in [7, 11) is 0. The van der Waals surface area contributed by atoms with Crippen LogP contribution in [0.4, 0.5) is 0 Å². The van der Waals surface area contributed by atoms with Gasteiger partial charge in [-0.1, -0.05) is 19.9 Å². The van der Waals surface area contributed by atoms with Gasteiger partial charge in [-0.25, -0.2) is 0 Å². The van der Waals surface area contributed by atoms with Crippen molar-refractivity contribution in [1.82, 2.24) is 9.80 Å². The van der Waals surface area contributed by atoms with Gasteiger partial charge >= 0.3 is 0 Å². The number of fused-ring (bicyclic) bond motifs is 1. The van der Waals surface area contributed by atoms with Crippen LogP contribution in [0, 0.1) is 5.92 Å². The van der Waals surface area contributed by atoms with Crippen LogP contribution in [-0.2, 0) is 16.1 Å². The van der Waals surface area contributed by atoms with E-state index in [1.165, 1.54) is 6.92 Å². The molecule has 1 fully saturated rings. The largest absolute Gasteiger partial charge is 0.454 e. The standard InChI is InChI=1S/C19H26N2O4/c1-13(2)10-20(19(23)16-5-4-8-21(16)14(3)22)11-15-6-7-17-18(9-15)25-12-24-17/h6-7,9,13,16H,4-5,8,10-12H2,1-3H3/t16-/m0/s1. The lowest BCUT2D eigenvalue weighted by Crippen LogP contribution is -2.47. The molecule has 0 aliphatic carbocycles. The molecule has 0 aromatic heterocycles. The summed E-state index contributed by atoms with van der Waals surface area (Å²) >= 11 is 0. The fourth-order valence-electron chi connectivity index (χ4n) is 3.54. The number of carbonyl (C=O) groups is 2. The van der Waals surface area contributed by atoms with E-state index in [1.54, 1.807) is 4.90 Å². The molecule has 0 saturated carbocycles. The van der Waals surface area contributed by atoms with Crippen molar-refractivity contribution in [3.05, 3.63) is 23.8 Å². The lowest BCUT2D eigenvalue weighted by Gasteiger charge is -2.31. The lowest BCUT2D eigenvalue weighted by atomic mass is 10.1. The molecule has 0 unspecified atom stereocenters. The number of hydrogen-bond acceptors (Lipinski definition) is 4. The van der Waals surface area contributed by atoms with E-state index in [1.807, 2.05) is 23.1 Å². The maximum absolute atomic E-state index is 13.1. The fourth-order valence-corrected chi connectivity index (χ4v) is 3.54. The lowest BCUT2D eigenvalue weighted by molar-refractivity contribution is -0.143. The molecule has 0 bridgehead atoms. The molecule has 6 nitrogen and oxygen atoms in total. The summed E-state index contributed by atoms with van der Waals surface area (Å²) in [6, 6.07) is 5.45. The molecule has 2 heterocycles. The van der Waals surface area contributed by atoms with E-state index in [4.69, 9.17) is 9.47 Å². The molecule has 2 amide bonds. The van der Waals surface area contributed by atoms with Crippen molar-refractivity contribution in [3.63, 3.8) is 0 Å². The zero-order valence-electron chi connectivity index (χ0n) is 15.2. The van der Waals surface area contributed by atoms with Gasteiger partial charge in [0.25, 0.3) is 0 Å². The van der Waals surface area contributed by atoms with Crippen molar-refractivity contribution in [2.75, 3.05) is 19.9 Å². The molecule has 136 valence electrons. The van der Waals surface area contributed by atoms with Crippen LogP contribution in [-0.4, -0.2) is 47.5 Å². The average molecular weight is 346 g/mol. The third-order valence-electron chi connectivity index (χ3n) is 4.65. The van der Waals surface area contributed by atoms with E-state index in [2.05, 4.69) is 13.8 Å². The Morgan fingerprint density at radius 3 is 2.76 bits per heavy atom. The Hall–Kier alpha value is -2.24. The molecule has 25 heavy (non-hydrogen) atoms. The van der Waals surface area contributed by atoms with Gasteiger partial charge in [-0.05, 0) is 36.5 Å². The Kier molecular flexibility index (Phi) is 5.16. The molecule has 2 aliphatic heterocycles. The van der Waals surface area contributed by atoms with Gasteiger partial charge < -0.3 is 19.3 Å². The van der Waals surface area contributed by atoms with Crippen LogP contribution >= 0.6 is 0 Å². The van der Waals surface area contributed by atoms with Crippen molar-refractivity contribution in [2.24, 2.45) is 5.92 Å². The normalized spacial score (nSPS) is 18.7. The van der Waals surface area contributed by atoms with Crippen LogP contribution in [0.25, 0.3) is 0 Å². The van der Waals surface area contributed by atoms with Gasteiger partial charge in [-0.15, -0.1) is 0 Å². The van der Waals surface area contributed by atoms with Crippen molar-refractivity contribution in [3.8, 4) is 11.5 Å². The molecular formula is C19H26N2O4. The molecule has 2 aliphatic rings. The number of likely N-dealkylation sites (tertiary alicyclic amines) is 1. The predicted molar refractivity (Wildman–Crippen MR) is 93.2 cm³/mol. The third kappa shape index (κ3) is 3.89. The highest BCUT2D eigenvalue weighted by Crippen LogP contribution is 2.33. The first-order chi connectivity index (χ1) is 12.0. The minimum atomic E-state index is -0.328. The van der Waals surface area contributed by atoms with Gasteiger partial charge in [0, 0.05) is 26.6 Å². The first-order valence-electron chi connectivity index (χ1n) is 8.90. The molecule has 0 radical (unpaired) electrons. The van der Waals surface area contributed by atoms with Gasteiger partial charge in [-0.3, -0.25) is 9.59 Å². The minimum Gasteiger partial charge on any atom is -0.454 e. The zero-order chi connectivity index (χ0) is 18.0. The molecule has 0 spiro atoms. The van der Waals surface area contributed by atoms with E-state index in [0.29, 0.717) is 25.6 Å². The summed E-state index contributed by atoms with van der Waals surface area (Å²) in [5.41, 5.74) is 1.01. The molecule has 6 heteroatoms. The van der Waals surface area contributed by atoms with Gasteiger partial charge in [-0.2, -0.15) is 0 Å². The minimum absolute atomic E-state index is 0.0246. The molecule has 0 N–H and O–H groups in total. The van der Waals surface area contributed by atoms with Crippen LogP contribution < -0.4 is 9.47 Å². The summed E-state index contributed by atoms with van der Waals surface area (Å²) in [6.07, 6.45) is 1.63. The first-order valence-corrected chi connectivity index (χ1v) is 8.90. The molecule has 3 rings (SSSR count). The summed E-state index contributed by atoms with van der Waals surface area (Å²) in [5.74, 6) is 1.83. The predicted octanol–water partition coefficient (Wildman–Crippen LogP) is 2.41. The van der Waals surface area contributed by atoms with Gasteiger partial charge in [0.05, 0.1) is 0 Å². The van der Waals surface area contributed by atoms with Crippen LogP contribution in [0.15, 0.2) is 18.2 Å². The summed E-state index contributed by atoms with van der Waals surface area (Å²) < 4.78 is 10.8. The van der Waals surface area contributed by atoms with E-state index in [0.717, 1.165) is 29.9 Å². The molecular weight excluding hydrogens is 320 g/mol. The van der Waals surface area contributed by atoms with E-state index >= 15 is 0 Å². The number of nitrogens with zero attached hydrogens (tertiary/aromatic N) is 2. The van der Waals surface area contributed by atoms with E-state index in [-0.39, 0.29) is 24.6 Å². The second-order valence-corrected chi connectivity index (χ2v) is 7.17. The van der Waals surface area contributed by atoms with Crippen LogP contribution in [0.5, 0.6) is 11.5 Å². The summed E-state index contributed by atoms with van der Waals surface area (Å²) in [6.45, 7) is 7.81. The number of amides is 2. The molecule has 1 aromatic rings. The SMILES string of the molecule is CC(=O)N1CCC[C@H]1C(=O)N(Cc1ccc2c(c1)OCO2)CC(C)C. The first kappa shape index (κ1) is 17.6. The van der Waals surface area contributed by atoms with Gasteiger partial charge in [0.2, 0.25) is 18.6 Å². The van der Waals surface area contributed by atoms with Crippen LogP contribution in [0.2, 0.25) is 0 Å². The summed E-state index contributed by atoms with van der Waals surface area (Å²) in [5, 5.41) is 0. The molecule has 1 aromatic carbocycles. The highest BCUT2D eigenvalue weighted by molar-refractivity contribution is 5.87. The van der Waals surface area contributed by atoms with Crippen molar-refractivity contribution >= 4 is 11.8 Å². The smallest absolute Gasteiger partial charge is 0.245 e. The average Bonchev–Trinajstić information content (AvgIpc) is 3.21. The maximum atomic E-state index is 13.1. The van der Waals surface area contributed by atoms with Crippen molar-refractivity contribution < 1.29 is 19.1 Å². The molecule has 1 saturated heterocycles. The maximum Gasteiger partial charge on any atom is 0.245 e.